The van der Waals surface area contributed by atoms with E-state index in [1.165, 1.54) is 0 Å². The lowest BCUT2D eigenvalue weighted by Gasteiger charge is -2.19. The van der Waals surface area contributed by atoms with Gasteiger partial charge in [0, 0.05) is 0 Å². The lowest BCUT2D eigenvalue weighted by Crippen LogP contribution is -2.43. The van der Waals surface area contributed by atoms with E-state index in [0.29, 0.717) is 0 Å². The summed E-state index contributed by atoms with van der Waals surface area (Å²) in [5.41, 5.74) is -6.23. The molecule has 0 aliphatic rings. The summed E-state index contributed by atoms with van der Waals surface area (Å²) in [6.07, 6.45) is -8.39. The van der Waals surface area contributed by atoms with Crippen molar-refractivity contribution in [2.75, 3.05) is 0 Å². The Kier molecular flexibility index (Phi) is 10.6. The number of carboxylic acid groups (broad SMARTS) is 4. The average Bonchev–Trinajstić information content (AvgIpc) is 2.58. The van der Waals surface area contributed by atoms with Crippen LogP contribution in [-0.2, 0) is 52.6 Å². The molecule has 0 saturated heterocycles. The van der Waals surface area contributed by atoms with Gasteiger partial charge in [-0.2, -0.15) is 0 Å². The summed E-state index contributed by atoms with van der Waals surface area (Å²) in [4.78, 5) is 101. The number of carboxylic acids is 4. The van der Waals surface area contributed by atoms with E-state index in [2.05, 4.69) is 9.47 Å². The minimum absolute atomic E-state index is 1.29. The second kappa shape index (κ2) is 12.1. The maximum Gasteiger partial charge on any atom is 0.336 e. The lowest BCUT2D eigenvalue weighted by molar-refractivity contribution is -0.174. The van der Waals surface area contributed by atoms with Gasteiger partial charge in [0.2, 0.25) is 0 Å². The van der Waals surface area contributed by atoms with Crippen LogP contribution in [0.1, 0.15) is 38.5 Å². The summed E-state index contributed by atoms with van der Waals surface area (Å²) >= 11 is 0. The van der Waals surface area contributed by atoms with Crippen molar-refractivity contribution in [3.05, 3.63) is 0 Å². The van der Waals surface area contributed by atoms with Crippen LogP contribution in [0, 0.1) is 0 Å². The van der Waals surface area contributed by atoms with Gasteiger partial charge in [0.25, 0.3) is 0 Å². The predicted molar refractivity (Wildman–Crippen MR) is 95.3 cm³/mol. The molecule has 0 aromatic rings. The molecule has 0 radical (unpaired) electrons. The van der Waals surface area contributed by atoms with E-state index in [1.54, 1.807) is 0 Å². The first kappa shape index (κ1) is 29.8. The van der Waals surface area contributed by atoms with Gasteiger partial charge in [-0.25, -0.2) is 9.59 Å². The van der Waals surface area contributed by atoms with Crippen molar-refractivity contribution >= 4 is 53.5 Å². The van der Waals surface area contributed by atoms with E-state index < -0.39 is 103 Å². The molecule has 17 heteroatoms. The molecule has 2 unspecified atom stereocenters. The first-order valence-corrected chi connectivity index (χ1v) is 8.74. The molecular formula is C17H18O17. The third-order valence-corrected chi connectivity index (χ3v) is 3.70. The molecule has 0 aliphatic heterocycles. The van der Waals surface area contributed by atoms with Crippen LogP contribution in [0.5, 0.6) is 0 Å². The van der Waals surface area contributed by atoms with E-state index in [1.807, 2.05) is 0 Å². The fourth-order valence-electron chi connectivity index (χ4n) is 2.19. The molecule has 17 nitrogen and oxygen atoms in total. The van der Waals surface area contributed by atoms with E-state index in [9.17, 15) is 53.4 Å². The van der Waals surface area contributed by atoms with Crippen LogP contribution in [0.25, 0.3) is 0 Å². The topological polar surface area (TPSA) is 293 Å². The maximum absolute atomic E-state index is 11.6. The summed E-state index contributed by atoms with van der Waals surface area (Å²) in [6, 6.07) is 0. The van der Waals surface area contributed by atoms with Gasteiger partial charge >= 0.3 is 47.8 Å². The minimum atomic E-state index is -3.12. The van der Waals surface area contributed by atoms with Crippen molar-refractivity contribution in [1.82, 2.24) is 0 Å². The third-order valence-electron chi connectivity index (χ3n) is 3.70. The second-order valence-corrected chi connectivity index (χ2v) is 6.75. The highest BCUT2D eigenvalue weighted by atomic mass is 16.6. The van der Waals surface area contributed by atoms with Crippen LogP contribution in [0.4, 0.5) is 0 Å². The lowest BCUT2D eigenvalue weighted by atomic mass is 9.96. The monoisotopic (exact) mass is 494 g/mol. The number of esters is 4. The Morgan fingerprint density at radius 3 is 1.03 bits per heavy atom. The third kappa shape index (κ3) is 10.4. The number of Topliss-reactive ketones (excluding diaryl/α,β-unsaturated/α-hetero) is 1. The van der Waals surface area contributed by atoms with Crippen LogP contribution in [-0.4, -0.2) is 95.4 Å². The molecule has 0 saturated carbocycles. The highest BCUT2D eigenvalue weighted by Gasteiger charge is 2.43. The van der Waals surface area contributed by atoms with Crippen LogP contribution < -0.4 is 0 Å². The standard InChI is InChI=1S/C17H18O17/c18-7(1-10(23)33-12(25)5-16(31,14(27)28)3-8(19)20)2-11(24)34-13(26)6-17(32,15(29)30)4-9(21)22/h31-32H,1-6H2,(H,19,20)(H,21,22)(H,27,28)(H,29,30). The molecule has 2 atom stereocenters. The molecule has 0 aliphatic carbocycles. The predicted octanol–water partition coefficient (Wildman–Crippen LogP) is -3.16. The second-order valence-electron chi connectivity index (χ2n) is 6.75. The minimum Gasteiger partial charge on any atom is -0.481 e. The van der Waals surface area contributed by atoms with Crippen molar-refractivity contribution < 1.29 is 83.3 Å². The van der Waals surface area contributed by atoms with Gasteiger partial charge in [-0.05, 0) is 0 Å². The number of rotatable bonds is 14. The van der Waals surface area contributed by atoms with E-state index in [0.717, 1.165) is 0 Å². The number of hydrogen-bond acceptors (Lipinski definition) is 13. The zero-order valence-corrected chi connectivity index (χ0v) is 16.9. The Morgan fingerprint density at radius 2 is 0.794 bits per heavy atom. The van der Waals surface area contributed by atoms with Gasteiger partial charge in [0.1, 0.15) is 12.8 Å². The van der Waals surface area contributed by atoms with Gasteiger partial charge in [-0.3, -0.25) is 33.6 Å². The van der Waals surface area contributed by atoms with Crippen molar-refractivity contribution in [1.29, 1.82) is 0 Å². The number of ether oxygens (including phenoxy) is 2. The van der Waals surface area contributed by atoms with Gasteiger partial charge < -0.3 is 40.1 Å². The van der Waals surface area contributed by atoms with Gasteiger partial charge in [0.05, 0.1) is 25.7 Å². The summed E-state index contributed by atoms with van der Waals surface area (Å²) in [6.45, 7) is 0. The van der Waals surface area contributed by atoms with Crippen molar-refractivity contribution in [2.45, 2.75) is 49.7 Å². The van der Waals surface area contributed by atoms with Crippen LogP contribution in [0.3, 0.4) is 0 Å². The van der Waals surface area contributed by atoms with Crippen molar-refractivity contribution in [3.63, 3.8) is 0 Å². The largest absolute Gasteiger partial charge is 0.481 e. The molecule has 0 amide bonds. The van der Waals surface area contributed by atoms with Crippen molar-refractivity contribution in [2.24, 2.45) is 0 Å². The van der Waals surface area contributed by atoms with Crippen LogP contribution >= 0.6 is 0 Å². The maximum atomic E-state index is 11.6. The highest BCUT2D eigenvalue weighted by molar-refractivity contribution is 6.07. The Bertz CT molecular complexity index is 845. The smallest absolute Gasteiger partial charge is 0.336 e. The molecule has 0 heterocycles. The molecule has 0 rings (SSSR count). The Balaban J connectivity index is 4.79. The van der Waals surface area contributed by atoms with Crippen LogP contribution in [0.15, 0.2) is 0 Å². The molecule has 188 valence electrons. The fraction of sp³-hybridized carbons (Fsp3) is 0.471. The molecule has 0 aromatic carbocycles. The van der Waals surface area contributed by atoms with Gasteiger partial charge in [-0.15, -0.1) is 0 Å². The summed E-state index contributed by atoms with van der Waals surface area (Å²) in [5.74, 6) is -15.8. The summed E-state index contributed by atoms with van der Waals surface area (Å²) in [5, 5.41) is 54.0. The Morgan fingerprint density at radius 1 is 0.500 bits per heavy atom. The molecule has 0 spiro atoms. The zero-order chi connectivity index (χ0) is 26.9. The molecule has 0 fully saturated rings. The Labute approximate surface area is 187 Å². The van der Waals surface area contributed by atoms with E-state index in [-0.39, 0.29) is 0 Å². The molecule has 34 heavy (non-hydrogen) atoms. The first-order chi connectivity index (χ1) is 15.4. The van der Waals surface area contributed by atoms with Gasteiger partial charge in [-0.1, -0.05) is 0 Å². The van der Waals surface area contributed by atoms with E-state index >= 15 is 0 Å². The number of ketones is 1. The SMILES string of the molecule is O=C(O)CC(O)(CC(=O)OC(=O)CC(=O)CC(=O)OC(=O)CC(O)(CC(=O)O)C(=O)O)C(=O)O. The fourth-order valence-corrected chi connectivity index (χ4v) is 2.19. The first-order valence-electron chi connectivity index (χ1n) is 8.74. The van der Waals surface area contributed by atoms with E-state index in [4.69, 9.17) is 20.4 Å². The molecule has 0 aromatic heterocycles. The summed E-state index contributed by atoms with van der Waals surface area (Å²) in [7, 11) is 0. The zero-order valence-electron chi connectivity index (χ0n) is 16.9. The number of aliphatic hydroxyl groups is 2. The van der Waals surface area contributed by atoms with Crippen LogP contribution in [0.2, 0.25) is 0 Å². The Hall–Kier alpha value is -4.25. The molecule has 0 bridgehead atoms. The summed E-state index contributed by atoms with van der Waals surface area (Å²) < 4.78 is 8.10. The molecule has 6 N–H and O–H groups in total. The number of hydrogen-bond donors (Lipinski definition) is 6. The number of carbonyl (C=O) groups is 9. The quantitative estimate of drug-likeness (QED) is 0.102. The number of aliphatic carboxylic acids is 4. The van der Waals surface area contributed by atoms with Gasteiger partial charge in [0.15, 0.2) is 17.0 Å². The normalized spacial score (nSPS) is 13.9. The molecular weight excluding hydrogens is 476 g/mol. The van der Waals surface area contributed by atoms with Crippen molar-refractivity contribution in [3.8, 4) is 0 Å². The highest BCUT2D eigenvalue weighted by Crippen LogP contribution is 2.18. The number of carbonyl (C=O) groups excluding carboxylic acids is 5. The average molecular weight is 494 g/mol.